The van der Waals surface area contributed by atoms with Crippen molar-refractivity contribution in [2.75, 3.05) is 38.7 Å². The van der Waals surface area contributed by atoms with E-state index in [0.717, 1.165) is 11.8 Å². The summed E-state index contributed by atoms with van der Waals surface area (Å²) < 4.78 is 5.18. The van der Waals surface area contributed by atoms with Crippen LogP contribution in [-0.2, 0) is 14.3 Å². The summed E-state index contributed by atoms with van der Waals surface area (Å²) in [6.07, 6.45) is 1.28. The van der Waals surface area contributed by atoms with E-state index in [9.17, 15) is 9.59 Å². The van der Waals surface area contributed by atoms with Gasteiger partial charge in [-0.3, -0.25) is 9.59 Å². The lowest BCUT2D eigenvalue weighted by Crippen LogP contribution is -2.39. The van der Waals surface area contributed by atoms with Crippen molar-refractivity contribution in [3.8, 4) is 0 Å². The first-order valence-electron chi connectivity index (χ1n) is 5.76. The lowest BCUT2D eigenvalue weighted by molar-refractivity contribution is -0.134. The number of halogens is 1. The summed E-state index contributed by atoms with van der Waals surface area (Å²) in [5, 5.41) is 3.48. The van der Waals surface area contributed by atoms with Crippen LogP contribution in [0.2, 0.25) is 0 Å². The lowest BCUT2D eigenvalue weighted by atomic mass is 10.3. The van der Waals surface area contributed by atoms with Gasteiger partial charge in [-0.15, -0.1) is 0 Å². The second-order valence-corrected chi connectivity index (χ2v) is 4.44. The van der Waals surface area contributed by atoms with Crippen LogP contribution < -0.4 is 5.32 Å². The number of carbonyl (C=O) groups is 2. The summed E-state index contributed by atoms with van der Waals surface area (Å²) in [4.78, 5) is 24.3. The van der Waals surface area contributed by atoms with Crippen LogP contribution in [0.1, 0.15) is 19.8 Å². The molecule has 2 amide bonds. The third kappa shape index (κ3) is 9.12. The van der Waals surface area contributed by atoms with Crippen LogP contribution in [0.15, 0.2) is 0 Å². The Hall–Kier alpha value is -0.620. The minimum absolute atomic E-state index is 0.00168. The fraction of sp³-hybridized carbons (Fsp3) is 0.818. The molecule has 0 aliphatic carbocycles. The summed E-state index contributed by atoms with van der Waals surface area (Å²) in [7, 11) is 1.64. The zero-order valence-electron chi connectivity index (χ0n) is 10.5. The van der Waals surface area contributed by atoms with Crippen molar-refractivity contribution in [2.24, 2.45) is 0 Å². The Kier molecular flexibility index (Phi) is 10.1. The fourth-order valence-corrected chi connectivity index (χ4v) is 1.41. The molecule has 100 valence electrons. The van der Waals surface area contributed by atoms with E-state index in [1.165, 1.54) is 4.90 Å². The SMILES string of the molecule is CCCC(=O)N(C)CC(=O)NCCOCCBr. The lowest BCUT2D eigenvalue weighted by Gasteiger charge is -2.16. The molecule has 0 heterocycles. The maximum atomic E-state index is 11.4. The molecular formula is C11H21BrN2O3. The normalized spacial score (nSPS) is 10.1. The first-order valence-corrected chi connectivity index (χ1v) is 6.88. The predicted molar refractivity (Wildman–Crippen MR) is 70.2 cm³/mol. The van der Waals surface area contributed by atoms with Crippen LogP contribution in [-0.4, -0.2) is 55.4 Å². The van der Waals surface area contributed by atoms with E-state index in [-0.39, 0.29) is 18.4 Å². The molecular weight excluding hydrogens is 288 g/mol. The summed E-state index contributed by atoms with van der Waals surface area (Å²) in [5.41, 5.74) is 0. The van der Waals surface area contributed by atoms with Gasteiger partial charge in [0.25, 0.3) is 0 Å². The Bertz CT molecular complexity index is 237. The molecule has 0 atom stereocenters. The van der Waals surface area contributed by atoms with Crippen LogP contribution in [0.4, 0.5) is 0 Å². The number of alkyl halides is 1. The fourth-order valence-electron chi connectivity index (χ4n) is 1.18. The van der Waals surface area contributed by atoms with Crippen LogP contribution in [0.5, 0.6) is 0 Å². The Labute approximate surface area is 111 Å². The van der Waals surface area contributed by atoms with Gasteiger partial charge in [0, 0.05) is 25.3 Å². The Morgan fingerprint density at radius 2 is 2.06 bits per heavy atom. The highest BCUT2D eigenvalue weighted by Crippen LogP contribution is 1.93. The smallest absolute Gasteiger partial charge is 0.239 e. The Balaban J connectivity index is 3.60. The van der Waals surface area contributed by atoms with Gasteiger partial charge >= 0.3 is 0 Å². The van der Waals surface area contributed by atoms with E-state index in [2.05, 4.69) is 21.2 Å². The van der Waals surface area contributed by atoms with Crippen LogP contribution in [0, 0.1) is 0 Å². The highest BCUT2D eigenvalue weighted by molar-refractivity contribution is 9.09. The van der Waals surface area contributed by atoms with E-state index in [0.29, 0.717) is 26.2 Å². The van der Waals surface area contributed by atoms with Gasteiger partial charge in [-0.1, -0.05) is 22.9 Å². The first-order chi connectivity index (χ1) is 8.11. The maximum absolute atomic E-state index is 11.4. The minimum atomic E-state index is -0.153. The van der Waals surface area contributed by atoms with Crippen molar-refractivity contribution in [2.45, 2.75) is 19.8 Å². The highest BCUT2D eigenvalue weighted by Gasteiger charge is 2.11. The van der Waals surface area contributed by atoms with Crippen LogP contribution in [0.3, 0.4) is 0 Å². The van der Waals surface area contributed by atoms with Gasteiger partial charge in [0.1, 0.15) is 0 Å². The van der Waals surface area contributed by atoms with Gasteiger partial charge in [0.15, 0.2) is 0 Å². The van der Waals surface area contributed by atoms with E-state index in [1.54, 1.807) is 7.05 Å². The van der Waals surface area contributed by atoms with Crippen LogP contribution >= 0.6 is 15.9 Å². The maximum Gasteiger partial charge on any atom is 0.239 e. The highest BCUT2D eigenvalue weighted by atomic mass is 79.9. The number of hydrogen-bond donors (Lipinski definition) is 1. The van der Waals surface area contributed by atoms with Crippen molar-refractivity contribution in [3.05, 3.63) is 0 Å². The van der Waals surface area contributed by atoms with Gasteiger partial charge in [-0.2, -0.15) is 0 Å². The molecule has 0 aliphatic rings. The van der Waals surface area contributed by atoms with Gasteiger partial charge in [-0.25, -0.2) is 0 Å². The molecule has 0 aromatic carbocycles. The van der Waals surface area contributed by atoms with E-state index in [1.807, 2.05) is 6.92 Å². The molecule has 17 heavy (non-hydrogen) atoms. The predicted octanol–water partition coefficient (Wildman–Crippen LogP) is 0.773. The summed E-state index contributed by atoms with van der Waals surface area (Å²) in [6.45, 7) is 3.64. The topological polar surface area (TPSA) is 58.6 Å². The van der Waals surface area contributed by atoms with E-state index >= 15 is 0 Å². The molecule has 0 spiro atoms. The standard InChI is InChI=1S/C11H21BrN2O3/c1-3-4-11(16)14(2)9-10(15)13-6-8-17-7-5-12/h3-9H2,1-2H3,(H,13,15). The molecule has 0 aromatic rings. The van der Waals surface area contributed by atoms with Crippen molar-refractivity contribution < 1.29 is 14.3 Å². The number of nitrogens with one attached hydrogen (secondary N) is 1. The average molecular weight is 309 g/mol. The molecule has 6 heteroatoms. The number of likely N-dealkylation sites (N-methyl/N-ethyl adjacent to an activating group) is 1. The monoisotopic (exact) mass is 308 g/mol. The molecule has 0 bridgehead atoms. The number of ether oxygens (including phenoxy) is 1. The van der Waals surface area contributed by atoms with Gasteiger partial charge < -0.3 is 15.0 Å². The number of amides is 2. The summed E-state index contributed by atoms with van der Waals surface area (Å²) in [6, 6.07) is 0. The molecule has 0 unspecified atom stereocenters. The summed E-state index contributed by atoms with van der Waals surface area (Å²) >= 11 is 3.24. The molecule has 0 aliphatic heterocycles. The third-order valence-corrected chi connectivity index (χ3v) is 2.38. The zero-order chi connectivity index (χ0) is 13.1. The number of rotatable bonds is 9. The molecule has 0 radical (unpaired) electrons. The molecule has 1 N–H and O–H groups in total. The molecule has 0 saturated heterocycles. The molecule has 0 fully saturated rings. The summed E-state index contributed by atoms with van der Waals surface area (Å²) in [5.74, 6) is -0.155. The molecule has 0 saturated carbocycles. The zero-order valence-corrected chi connectivity index (χ0v) is 12.1. The number of hydrogen-bond acceptors (Lipinski definition) is 3. The Morgan fingerprint density at radius 3 is 2.65 bits per heavy atom. The second-order valence-electron chi connectivity index (χ2n) is 3.65. The van der Waals surface area contributed by atoms with Crippen LogP contribution in [0.25, 0.3) is 0 Å². The molecule has 5 nitrogen and oxygen atoms in total. The largest absolute Gasteiger partial charge is 0.379 e. The van der Waals surface area contributed by atoms with Crippen molar-refractivity contribution in [3.63, 3.8) is 0 Å². The van der Waals surface area contributed by atoms with Gasteiger partial charge in [-0.05, 0) is 6.42 Å². The van der Waals surface area contributed by atoms with Crippen molar-refractivity contribution in [1.82, 2.24) is 10.2 Å². The number of nitrogens with zero attached hydrogens (tertiary/aromatic N) is 1. The second kappa shape index (κ2) is 10.5. The minimum Gasteiger partial charge on any atom is -0.379 e. The van der Waals surface area contributed by atoms with Crippen molar-refractivity contribution in [1.29, 1.82) is 0 Å². The van der Waals surface area contributed by atoms with E-state index in [4.69, 9.17) is 4.74 Å². The average Bonchev–Trinajstić information content (AvgIpc) is 2.29. The van der Waals surface area contributed by atoms with Crippen molar-refractivity contribution >= 4 is 27.7 Å². The van der Waals surface area contributed by atoms with Gasteiger partial charge in [0.05, 0.1) is 19.8 Å². The third-order valence-electron chi connectivity index (χ3n) is 2.06. The van der Waals surface area contributed by atoms with E-state index < -0.39 is 0 Å². The molecule has 0 aromatic heterocycles. The Morgan fingerprint density at radius 1 is 1.35 bits per heavy atom. The molecule has 0 rings (SSSR count). The first kappa shape index (κ1) is 16.4. The quantitative estimate of drug-likeness (QED) is 0.506. The number of carbonyl (C=O) groups excluding carboxylic acids is 2. The van der Waals surface area contributed by atoms with Gasteiger partial charge in [0.2, 0.25) is 11.8 Å².